The van der Waals surface area contributed by atoms with Gasteiger partial charge in [0.25, 0.3) is 0 Å². The Morgan fingerprint density at radius 2 is 2.27 bits per heavy atom. The summed E-state index contributed by atoms with van der Waals surface area (Å²) in [5.41, 5.74) is 0.351. The van der Waals surface area contributed by atoms with Crippen molar-refractivity contribution in [1.82, 2.24) is 0 Å². The minimum absolute atomic E-state index is 0.351. The molecule has 0 saturated heterocycles. The van der Waals surface area contributed by atoms with E-state index in [0.29, 0.717) is 15.9 Å². The number of nitrogens with zero attached hydrogens (tertiary/aromatic N) is 1. The van der Waals surface area contributed by atoms with Crippen LogP contribution in [0.3, 0.4) is 0 Å². The number of methoxy groups -OCH3 is 1. The molecule has 0 heterocycles. The highest BCUT2D eigenvalue weighted by molar-refractivity contribution is 9.10. The molecule has 3 nitrogen and oxygen atoms in total. The summed E-state index contributed by atoms with van der Waals surface area (Å²) in [5.74, 6) is 0.628. The second kappa shape index (κ2) is 3.48. The number of benzene rings is 1. The van der Waals surface area contributed by atoms with Gasteiger partial charge in [0.05, 0.1) is 7.11 Å². The van der Waals surface area contributed by atoms with E-state index in [1.807, 2.05) is 0 Å². The maximum Gasteiger partial charge on any atom is 0.125 e. The molecule has 0 unspecified atom stereocenters. The van der Waals surface area contributed by atoms with E-state index in [4.69, 9.17) is 4.74 Å². The lowest BCUT2D eigenvalue weighted by molar-refractivity contribution is 0.415. The molecule has 0 radical (unpaired) electrons. The van der Waals surface area contributed by atoms with Gasteiger partial charge in [0.15, 0.2) is 0 Å². The summed E-state index contributed by atoms with van der Waals surface area (Å²) < 4.78 is 5.57. The molecule has 0 fully saturated rings. The molecule has 0 aliphatic heterocycles. The van der Waals surface area contributed by atoms with Crippen molar-refractivity contribution in [2.24, 2.45) is 5.18 Å². The molecule has 0 saturated carbocycles. The van der Waals surface area contributed by atoms with E-state index in [2.05, 4.69) is 21.1 Å². The van der Waals surface area contributed by atoms with Gasteiger partial charge < -0.3 is 4.74 Å². The molecule has 1 aromatic rings. The number of ether oxygens (including phenoxy) is 1. The van der Waals surface area contributed by atoms with Crippen molar-refractivity contribution in [2.75, 3.05) is 7.11 Å². The molecular weight excluding hydrogens is 210 g/mol. The van der Waals surface area contributed by atoms with Gasteiger partial charge in [-0.25, -0.2) is 0 Å². The first-order valence-corrected chi connectivity index (χ1v) is 3.74. The van der Waals surface area contributed by atoms with Crippen LogP contribution in [0.15, 0.2) is 27.8 Å². The van der Waals surface area contributed by atoms with Crippen LogP contribution in [0.5, 0.6) is 5.75 Å². The third-order valence-electron chi connectivity index (χ3n) is 1.25. The Hall–Kier alpha value is -0.900. The zero-order valence-electron chi connectivity index (χ0n) is 5.87. The number of rotatable bonds is 2. The third kappa shape index (κ3) is 1.77. The maximum absolute atomic E-state index is 10.2. The van der Waals surface area contributed by atoms with E-state index in [9.17, 15) is 4.91 Å². The normalized spacial score (nSPS) is 9.27. The van der Waals surface area contributed by atoms with Crippen molar-refractivity contribution >= 4 is 21.6 Å². The van der Waals surface area contributed by atoms with Crippen LogP contribution in [0, 0.1) is 4.91 Å². The number of nitroso groups, excluding NO2 is 1. The number of hydrogen-bond donors (Lipinski definition) is 0. The number of hydrogen-bond acceptors (Lipinski definition) is 3. The molecule has 0 N–H and O–H groups in total. The minimum Gasteiger partial charge on any atom is -0.497 e. The fourth-order valence-corrected chi connectivity index (χ4v) is 1.01. The van der Waals surface area contributed by atoms with Gasteiger partial charge in [-0.2, -0.15) is 0 Å². The average molecular weight is 216 g/mol. The first kappa shape index (κ1) is 8.20. The van der Waals surface area contributed by atoms with Crippen molar-refractivity contribution in [2.45, 2.75) is 0 Å². The minimum atomic E-state index is 0.351. The Kier molecular flexibility index (Phi) is 2.59. The lowest BCUT2D eigenvalue weighted by atomic mass is 10.3. The van der Waals surface area contributed by atoms with E-state index >= 15 is 0 Å². The number of halogens is 1. The lowest BCUT2D eigenvalue weighted by Gasteiger charge is -1.99. The van der Waals surface area contributed by atoms with E-state index < -0.39 is 0 Å². The molecule has 0 aromatic heterocycles. The summed E-state index contributed by atoms with van der Waals surface area (Å²) >= 11 is 3.17. The molecule has 58 valence electrons. The summed E-state index contributed by atoms with van der Waals surface area (Å²) in [6.07, 6.45) is 0. The SMILES string of the molecule is COc1ccc(Br)c(N=O)c1. The average Bonchev–Trinajstić information content (AvgIpc) is 2.05. The highest BCUT2D eigenvalue weighted by Gasteiger charge is 2.00. The molecule has 1 rings (SSSR count). The Labute approximate surface area is 72.5 Å². The molecule has 0 aliphatic rings. The summed E-state index contributed by atoms with van der Waals surface area (Å²) in [5, 5.41) is 2.80. The largest absolute Gasteiger partial charge is 0.497 e. The second-order valence-electron chi connectivity index (χ2n) is 1.91. The zero-order chi connectivity index (χ0) is 8.27. The Bertz CT molecular complexity index is 275. The molecular formula is C7H6BrNO2. The molecule has 0 spiro atoms. The lowest BCUT2D eigenvalue weighted by Crippen LogP contribution is -1.80. The maximum atomic E-state index is 10.2. The van der Waals surface area contributed by atoms with Crippen LogP contribution >= 0.6 is 15.9 Å². The predicted molar refractivity (Wildman–Crippen MR) is 46.1 cm³/mol. The zero-order valence-corrected chi connectivity index (χ0v) is 7.46. The van der Waals surface area contributed by atoms with Crippen molar-refractivity contribution in [1.29, 1.82) is 0 Å². The molecule has 11 heavy (non-hydrogen) atoms. The fourth-order valence-electron chi connectivity index (χ4n) is 0.689. The molecule has 0 amide bonds. The van der Waals surface area contributed by atoms with Gasteiger partial charge in [-0.05, 0) is 33.2 Å². The van der Waals surface area contributed by atoms with Crippen molar-refractivity contribution in [3.05, 3.63) is 27.6 Å². The smallest absolute Gasteiger partial charge is 0.125 e. The quantitative estimate of drug-likeness (QED) is 0.713. The van der Waals surface area contributed by atoms with Crippen molar-refractivity contribution in [3.63, 3.8) is 0 Å². The Morgan fingerprint density at radius 1 is 1.55 bits per heavy atom. The molecule has 0 atom stereocenters. The molecule has 4 heteroatoms. The summed E-state index contributed by atoms with van der Waals surface area (Å²) in [4.78, 5) is 10.2. The molecule has 0 aliphatic carbocycles. The highest BCUT2D eigenvalue weighted by Crippen LogP contribution is 2.28. The van der Waals surface area contributed by atoms with Crippen LogP contribution in [-0.4, -0.2) is 7.11 Å². The van der Waals surface area contributed by atoms with Gasteiger partial charge in [0, 0.05) is 10.5 Å². The van der Waals surface area contributed by atoms with Crippen LogP contribution < -0.4 is 4.74 Å². The van der Waals surface area contributed by atoms with Crippen LogP contribution in [0.1, 0.15) is 0 Å². The molecule has 0 bridgehead atoms. The topological polar surface area (TPSA) is 38.7 Å². The van der Waals surface area contributed by atoms with Crippen LogP contribution in [0.25, 0.3) is 0 Å². The van der Waals surface area contributed by atoms with Crippen LogP contribution in [0.2, 0.25) is 0 Å². The van der Waals surface area contributed by atoms with E-state index in [0.717, 1.165) is 0 Å². The van der Waals surface area contributed by atoms with Gasteiger partial charge in [-0.15, -0.1) is 4.91 Å². The van der Waals surface area contributed by atoms with E-state index in [1.54, 1.807) is 18.2 Å². The fraction of sp³-hybridized carbons (Fsp3) is 0.143. The van der Waals surface area contributed by atoms with Gasteiger partial charge in [0.2, 0.25) is 0 Å². The summed E-state index contributed by atoms with van der Waals surface area (Å²) in [6.45, 7) is 0. The first-order chi connectivity index (χ1) is 5.27. The standard InChI is InChI=1S/C7H6BrNO2/c1-11-5-2-3-6(8)7(4-5)9-10/h2-4H,1H3. The third-order valence-corrected chi connectivity index (χ3v) is 1.92. The second-order valence-corrected chi connectivity index (χ2v) is 2.76. The van der Waals surface area contributed by atoms with Crippen molar-refractivity contribution in [3.8, 4) is 5.75 Å². The Morgan fingerprint density at radius 3 is 2.82 bits per heavy atom. The van der Waals surface area contributed by atoms with Gasteiger partial charge in [-0.3, -0.25) is 0 Å². The van der Waals surface area contributed by atoms with Gasteiger partial charge in [0.1, 0.15) is 11.4 Å². The van der Waals surface area contributed by atoms with Gasteiger partial charge >= 0.3 is 0 Å². The molecule has 1 aromatic carbocycles. The van der Waals surface area contributed by atoms with Crippen LogP contribution in [0.4, 0.5) is 5.69 Å². The first-order valence-electron chi connectivity index (χ1n) is 2.95. The van der Waals surface area contributed by atoms with Gasteiger partial charge in [-0.1, -0.05) is 0 Å². The predicted octanol–water partition coefficient (Wildman–Crippen LogP) is 2.86. The monoisotopic (exact) mass is 215 g/mol. The van der Waals surface area contributed by atoms with E-state index in [-0.39, 0.29) is 0 Å². The highest BCUT2D eigenvalue weighted by atomic mass is 79.9. The Balaban J connectivity index is 3.12. The summed E-state index contributed by atoms with van der Waals surface area (Å²) in [6, 6.07) is 5.03. The van der Waals surface area contributed by atoms with Crippen molar-refractivity contribution < 1.29 is 4.74 Å². The summed E-state index contributed by atoms with van der Waals surface area (Å²) in [7, 11) is 1.54. The van der Waals surface area contributed by atoms with Crippen LogP contribution in [-0.2, 0) is 0 Å². The van der Waals surface area contributed by atoms with E-state index in [1.165, 1.54) is 7.11 Å².